The van der Waals surface area contributed by atoms with Gasteiger partial charge in [-0.25, -0.2) is 0 Å². The molecular formula is C14H22N4O3. The Balaban J connectivity index is 1.77. The third-order valence-corrected chi connectivity index (χ3v) is 3.45. The smallest absolute Gasteiger partial charge is 0.269 e. The number of amides is 2. The van der Waals surface area contributed by atoms with Gasteiger partial charge in [-0.2, -0.15) is 5.10 Å². The summed E-state index contributed by atoms with van der Waals surface area (Å²) in [6, 6.07) is 1.64. The molecule has 2 heterocycles. The van der Waals surface area contributed by atoms with Crippen LogP contribution in [0.15, 0.2) is 12.3 Å². The summed E-state index contributed by atoms with van der Waals surface area (Å²) in [7, 11) is 1.70. The molecule has 1 fully saturated rings. The summed E-state index contributed by atoms with van der Waals surface area (Å²) >= 11 is 0. The highest BCUT2D eigenvalue weighted by Gasteiger charge is 2.25. The molecule has 21 heavy (non-hydrogen) atoms. The summed E-state index contributed by atoms with van der Waals surface area (Å²) < 4.78 is 7.10. The molecule has 1 aliphatic rings. The molecule has 1 aliphatic heterocycles. The number of aromatic nitrogens is 2. The van der Waals surface area contributed by atoms with Crippen LogP contribution in [-0.2, 0) is 16.6 Å². The fourth-order valence-corrected chi connectivity index (χ4v) is 2.51. The Morgan fingerprint density at radius 1 is 1.38 bits per heavy atom. The highest BCUT2D eigenvalue weighted by Crippen LogP contribution is 2.11. The zero-order chi connectivity index (χ0) is 15.4. The molecule has 2 amide bonds. The van der Waals surface area contributed by atoms with E-state index in [9.17, 15) is 9.59 Å². The van der Waals surface area contributed by atoms with E-state index in [1.165, 1.54) is 4.68 Å². The van der Waals surface area contributed by atoms with Crippen molar-refractivity contribution in [2.75, 3.05) is 19.6 Å². The van der Waals surface area contributed by atoms with E-state index in [0.717, 1.165) is 0 Å². The summed E-state index contributed by atoms with van der Waals surface area (Å²) in [4.78, 5) is 25.8. The van der Waals surface area contributed by atoms with Crippen LogP contribution in [0.1, 0.15) is 30.8 Å². The van der Waals surface area contributed by atoms with Crippen LogP contribution in [0, 0.1) is 0 Å². The summed E-state index contributed by atoms with van der Waals surface area (Å²) in [6.45, 7) is 5.46. The molecule has 0 aliphatic carbocycles. The lowest BCUT2D eigenvalue weighted by atomic mass is 10.2. The third-order valence-electron chi connectivity index (χ3n) is 3.45. The number of morpholine rings is 1. The normalized spacial score (nSPS) is 22.1. The van der Waals surface area contributed by atoms with Crippen LogP contribution < -0.4 is 5.32 Å². The molecule has 2 atom stereocenters. The molecule has 1 aromatic rings. The summed E-state index contributed by atoms with van der Waals surface area (Å²) in [5.41, 5.74) is 0.482. The Hall–Kier alpha value is -1.89. The van der Waals surface area contributed by atoms with Gasteiger partial charge in [0, 0.05) is 39.3 Å². The molecule has 0 spiro atoms. The molecule has 0 unspecified atom stereocenters. The molecule has 0 saturated carbocycles. The molecule has 0 bridgehead atoms. The van der Waals surface area contributed by atoms with E-state index in [1.807, 2.05) is 13.8 Å². The minimum Gasteiger partial charge on any atom is -0.372 e. The average Bonchev–Trinajstić information content (AvgIpc) is 2.83. The van der Waals surface area contributed by atoms with Gasteiger partial charge in [-0.3, -0.25) is 14.3 Å². The van der Waals surface area contributed by atoms with E-state index in [2.05, 4.69) is 10.4 Å². The van der Waals surface area contributed by atoms with Crippen molar-refractivity contribution in [3.8, 4) is 0 Å². The number of carbonyl (C=O) groups excluding carboxylic acids is 2. The van der Waals surface area contributed by atoms with Crippen LogP contribution in [0.3, 0.4) is 0 Å². The lowest BCUT2D eigenvalue weighted by molar-refractivity contribution is -0.143. The molecule has 7 nitrogen and oxygen atoms in total. The Morgan fingerprint density at radius 3 is 2.62 bits per heavy atom. The predicted octanol–water partition coefficient (Wildman–Crippen LogP) is 0.176. The molecule has 1 N–H and O–H groups in total. The van der Waals surface area contributed by atoms with Crippen molar-refractivity contribution in [3.05, 3.63) is 18.0 Å². The average molecular weight is 294 g/mol. The van der Waals surface area contributed by atoms with Crippen molar-refractivity contribution in [2.45, 2.75) is 32.5 Å². The number of ether oxygens (including phenoxy) is 1. The van der Waals surface area contributed by atoms with Gasteiger partial charge in [-0.15, -0.1) is 0 Å². The van der Waals surface area contributed by atoms with Gasteiger partial charge >= 0.3 is 0 Å². The first-order valence-electron chi connectivity index (χ1n) is 7.17. The molecule has 0 radical (unpaired) electrons. The van der Waals surface area contributed by atoms with E-state index in [-0.39, 0.29) is 24.0 Å². The minimum atomic E-state index is -0.216. The number of rotatable bonds is 4. The summed E-state index contributed by atoms with van der Waals surface area (Å²) in [5.74, 6) is -0.172. The maximum Gasteiger partial charge on any atom is 0.269 e. The number of hydrogen-bond acceptors (Lipinski definition) is 4. The van der Waals surface area contributed by atoms with E-state index >= 15 is 0 Å². The van der Waals surface area contributed by atoms with Gasteiger partial charge in [0.05, 0.1) is 12.2 Å². The predicted molar refractivity (Wildman–Crippen MR) is 76.7 cm³/mol. The van der Waals surface area contributed by atoms with Crippen molar-refractivity contribution >= 4 is 11.8 Å². The third kappa shape index (κ3) is 4.04. The van der Waals surface area contributed by atoms with E-state index in [0.29, 0.717) is 31.7 Å². The quantitative estimate of drug-likeness (QED) is 0.859. The first-order valence-corrected chi connectivity index (χ1v) is 7.17. The number of nitrogens with zero attached hydrogens (tertiary/aromatic N) is 3. The van der Waals surface area contributed by atoms with Gasteiger partial charge in [0.25, 0.3) is 5.91 Å². The van der Waals surface area contributed by atoms with Gasteiger partial charge in [-0.05, 0) is 19.9 Å². The first-order chi connectivity index (χ1) is 9.97. The second-order valence-corrected chi connectivity index (χ2v) is 5.40. The van der Waals surface area contributed by atoms with E-state index in [4.69, 9.17) is 4.74 Å². The van der Waals surface area contributed by atoms with Gasteiger partial charge in [0.15, 0.2) is 0 Å². The fourth-order valence-electron chi connectivity index (χ4n) is 2.51. The zero-order valence-electron chi connectivity index (χ0n) is 12.7. The second-order valence-electron chi connectivity index (χ2n) is 5.40. The lowest BCUT2D eigenvalue weighted by Gasteiger charge is -2.35. The molecule has 0 aromatic carbocycles. The Labute approximate surface area is 124 Å². The SMILES string of the molecule is C[C@H]1CN(C(=O)CCNC(=O)c2ccnn2C)C[C@H](C)O1. The van der Waals surface area contributed by atoms with Crippen molar-refractivity contribution in [1.29, 1.82) is 0 Å². The van der Waals surface area contributed by atoms with Crippen molar-refractivity contribution in [3.63, 3.8) is 0 Å². The van der Waals surface area contributed by atoms with Crippen LogP contribution in [0.2, 0.25) is 0 Å². The van der Waals surface area contributed by atoms with Crippen LogP contribution in [0.25, 0.3) is 0 Å². The first kappa shape index (κ1) is 15.5. The number of carbonyl (C=O) groups is 2. The lowest BCUT2D eigenvalue weighted by Crippen LogP contribution is -2.48. The summed E-state index contributed by atoms with van der Waals surface area (Å²) in [5, 5.41) is 6.68. The maximum atomic E-state index is 12.1. The molecule has 116 valence electrons. The minimum absolute atomic E-state index is 0.0438. The van der Waals surface area contributed by atoms with E-state index in [1.54, 1.807) is 24.2 Å². The van der Waals surface area contributed by atoms with Crippen LogP contribution in [-0.4, -0.2) is 58.3 Å². The van der Waals surface area contributed by atoms with Gasteiger partial charge in [-0.1, -0.05) is 0 Å². The van der Waals surface area contributed by atoms with Crippen LogP contribution in [0.5, 0.6) is 0 Å². The van der Waals surface area contributed by atoms with Gasteiger partial charge in [0.2, 0.25) is 5.91 Å². The number of aryl methyl sites for hydroxylation is 1. The summed E-state index contributed by atoms with van der Waals surface area (Å²) in [6.07, 6.45) is 1.98. The topological polar surface area (TPSA) is 76.5 Å². The van der Waals surface area contributed by atoms with E-state index < -0.39 is 0 Å². The monoisotopic (exact) mass is 294 g/mol. The molecule has 1 saturated heterocycles. The Kier molecular flexibility index (Phi) is 4.95. The zero-order valence-corrected chi connectivity index (χ0v) is 12.7. The largest absolute Gasteiger partial charge is 0.372 e. The maximum absolute atomic E-state index is 12.1. The van der Waals surface area contributed by atoms with Crippen molar-refractivity contribution in [2.24, 2.45) is 7.05 Å². The van der Waals surface area contributed by atoms with Crippen LogP contribution in [0.4, 0.5) is 0 Å². The van der Waals surface area contributed by atoms with Gasteiger partial charge < -0.3 is 15.0 Å². The molecule has 2 rings (SSSR count). The fraction of sp³-hybridized carbons (Fsp3) is 0.643. The van der Waals surface area contributed by atoms with Crippen LogP contribution >= 0.6 is 0 Å². The second kappa shape index (κ2) is 6.71. The number of nitrogens with one attached hydrogen (secondary N) is 1. The Morgan fingerprint density at radius 2 is 2.05 bits per heavy atom. The van der Waals surface area contributed by atoms with Crippen molar-refractivity contribution < 1.29 is 14.3 Å². The highest BCUT2D eigenvalue weighted by molar-refractivity contribution is 5.92. The Bertz CT molecular complexity index is 504. The number of hydrogen-bond donors (Lipinski definition) is 1. The molecular weight excluding hydrogens is 272 g/mol. The highest BCUT2D eigenvalue weighted by atomic mass is 16.5. The molecule has 7 heteroatoms. The standard InChI is InChI=1S/C14H22N4O3/c1-10-8-18(9-11(2)21-10)13(19)5-6-15-14(20)12-4-7-16-17(12)3/h4,7,10-11H,5-6,8-9H2,1-3H3,(H,15,20)/t10-,11-/m0/s1. The van der Waals surface area contributed by atoms with Gasteiger partial charge in [0.1, 0.15) is 5.69 Å². The molecule has 1 aromatic heterocycles. The van der Waals surface area contributed by atoms with Crippen molar-refractivity contribution in [1.82, 2.24) is 20.0 Å².